The number of benzene rings is 1. The summed E-state index contributed by atoms with van der Waals surface area (Å²) in [7, 11) is 0. The molecule has 1 aromatic rings. The van der Waals surface area contributed by atoms with Gasteiger partial charge in [-0.15, -0.1) is 11.8 Å². The van der Waals surface area contributed by atoms with Gasteiger partial charge in [0.15, 0.2) is 0 Å². The summed E-state index contributed by atoms with van der Waals surface area (Å²) in [4.78, 5) is 40.7. The number of amides is 2. The molecule has 3 fully saturated rings. The van der Waals surface area contributed by atoms with Gasteiger partial charge in [0.05, 0.1) is 17.7 Å². The van der Waals surface area contributed by atoms with Crippen LogP contribution >= 0.6 is 11.8 Å². The van der Waals surface area contributed by atoms with Crippen LogP contribution in [0.5, 0.6) is 0 Å². The van der Waals surface area contributed by atoms with Gasteiger partial charge in [-0.05, 0) is 33.3 Å². The van der Waals surface area contributed by atoms with E-state index in [-0.39, 0.29) is 68.6 Å². The zero-order chi connectivity index (χ0) is 19.7. The number of carboxylic acid groups (broad SMARTS) is 1. The van der Waals surface area contributed by atoms with Crippen LogP contribution in [0.4, 0.5) is 0 Å². The fourth-order valence-corrected chi connectivity index (χ4v) is 6.13. The summed E-state index contributed by atoms with van der Waals surface area (Å²) in [5.74, 6) is -1.75. The Labute approximate surface area is 211 Å². The Bertz CT molecular complexity index is 832. The minimum Gasteiger partial charge on any atom is -0.548 e. The number of rotatable bonds is 3. The summed E-state index contributed by atoms with van der Waals surface area (Å²) in [5.41, 5.74) is 0.114. The van der Waals surface area contributed by atoms with Gasteiger partial charge in [0.1, 0.15) is 17.5 Å². The molecule has 0 aromatic heterocycles. The molecular formula is C19H22KN3O4S. The molecule has 4 rings (SSSR count). The number of nitrogens with zero attached hydrogens (tertiary/aromatic N) is 2. The molecule has 3 aliphatic heterocycles. The van der Waals surface area contributed by atoms with Crippen molar-refractivity contribution < 1.29 is 70.9 Å². The van der Waals surface area contributed by atoms with Crippen molar-refractivity contribution in [3.8, 4) is 0 Å². The zero-order valence-electron chi connectivity index (χ0n) is 16.6. The van der Waals surface area contributed by atoms with Crippen molar-refractivity contribution in [2.45, 2.75) is 61.6 Å². The van der Waals surface area contributed by atoms with E-state index in [1.165, 1.54) is 16.7 Å². The number of carbonyl (C=O) groups is 3. The third-order valence-corrected chi connectivity index (χ3v) is 7.19. The van der Waals surface area contributed by atoms with Crippen molar-refractivity contribution in [1.82, 2.24) is 15.1 Å². The Morgan fingerprint density at radius 3 is 2.29 bits per heavy atom. The van der Waals surface area contributed by atoms with Gasteiger partial charge in [0, 0.05) is 4.75 Å². The second-order valence-electron chi connectivity index (χ2n) is 8.28. The number of β-lactam (4-membered cyclic amide) rings is 1. The molecule has 0 radical (unpaired) electrons. The number of thioether (sulfide) groups is 1. The van der Waals surface area contributed by atoms with E-state index in [2.05, 4.69) is 5.32 Å². The molecule has 1 N–H and O–H groups in total. The van der Waals surface area contributed by atoms with Crippen molar-refractivity contribution in [1.29, 1.82) is 0 Å². The molecule has 0 bridgehead atoms. The molecule has 28 heavy (non-hydrogen) atoms. The molecule has 4 atom stereocenters. The minimum atomic E-state index is -1.26. The van der Waals surface area contributed by atoms with Crippen LogP contribution in [0.1, 0.15) is 39.3 Å². The predicted octanol–water partition coefficient (Wildman–Crippen LogP) is -2.92. The van der Waals surface area contributed by atoms with E-state index in [4.69, 9.17) is 0 Å². The monoisotopic (exact) mass is 427 g/mol. The zero-order valence-corrected chi connectivity index (χ0v) is 20.6. The largest absolute Gasteiger partial charge is 1.00 e. The first kappa shape index (κ1) is 22.3. The Morgan fingerprint density at radius 1 is 1.11 bits per heavy atom. The maximum Gasteiger partial charge on any atom is 1.00 e. The normalized spacial score (nSPS) is 32.6. The van der Waals surface area contributed by atoms with Crippen LogP contribution in [0.2, 0.25) is 0 Å². The number of hydrogen-bond acceptors (Lipinski definition) is 6. The fourth-order valence-electron chi connectivity index (χ4n) is 4.47. The van der Waals surface area contributed by atoms with Gasteiger partial charge in [0.25, 0.3) is 0 Å². The van der Waals surface area contributed by atoms with E-state index in [9.17, 15) is 19.5 Å². The van der Waals surface area contributed by atoms with Gasteiger partial charge in [-0.3, -0.25) is 14.9 Å². The first-order valence-corrected chi connectivity index (χ1v) is 9.81. The van der Waals surface area contributed by atoms with E-state index in [0.29, 0.717) is 0 Å². The maximum atomic E-state index is 13.2. The SMILES string of the molecule is CC1(C)S[C@@H]2C(N3C(=O)[C@@H](c4ccccc4)NC3(C)C)C(=O)N2[C@H]1C(=O)[O-].[K+]. The Hall–Kier alpha value is -0.424. The summed E-state index contributed by atoms with van der Waals surface area (Å²) in [6, 6.07) is 7.19. The average molecular weight is 428 g/mol. The first-order valence-electron chi connectivity index (χ1n) is 8.93. The van der Waals surface area contributed by atoms with Gasteiger partial charge in [-0.1, -0.05) is 30.3 Å². The molecule has 9 heteroatoms. The van der Waals surface area contributed by atoms with Crippen LogP contribution in [-0.2, 0) is 14.4 Å². The average Bonchev–Trinajstić information content (AvgIpc) is 2.98. The standard InChI is InChI=1S/C19H23N3O4S.K/c1-18(2)13(17(25)26)21-15(24)12(16(21)27-18)22-14(23)11(20-19(22,3)4)10-8-6-5-7-9-10;/h5-9,11-13,16,20H,1-4H3,(H,25,26);/q;+1/p-1/t11-,12?,13+,16-;/m1./s1. The van der Waals surface area contributed by atoms with Crippen LogP contribution < -0.4 is 61.8 Å². The fraction of sp³-hybridized carbons (Fsp3) is 0.526. The Morgan fingerprint density at radius 2 is 1.71 bits per heavy atom. The molecule has 7 nitrogen and oxygen atoms in total. The van der Waals surface area contributed by atoms with Crippen LogP contribution in [0.25, 0.3) is 0 Å². The second-order valence-corrected chi connectivity index (χ2v) is 10.0. The molecule has 0 aliphatic carbocycles. The van der Waals surface area contributed by atoms with Gasteiger partial charge in [-0.2, -0.15) is 0 Å². The van der Waals surface area contributed by atoms with Crippen LogP contribution in [-0.4, -0.2) is 55.5 Å². The van der Waals surface area contributed by atoms with Crippen molar-refractivity contribution in [2.24, 2.45) is 0 Å². The quantitative estimate of drug-likeness (QED) is 0.411. The van der Waals surface area contributed by atoms with E-state index < -0.39 is 34.5 Å². The molecule has 144 valence electrons. The van der Waals surface area contributed by atoms with E-state index >= 15 is 0 Å². The Kier molecular flexibility index (Phi) is 5.86. The first-order chi connectivity index (χ1) is 12.6. The van der Waals surface area contributed by atoms with Crippen LogP contribution in [0.15, 0.2) is 30.3 Å². The van der Waals surface area contributed by atoms with Crippen LogP contribution in [0.3, 0.4) is 0 Å². The van der Waals surface area contributed by atoms with Gasteiger partial charge in [0.2, 0.25) is 11.8 Å². The molecule has 3 saturated heterocycles. The maximum absolute atomic E-state index is 13.2. The topological polar surface area (TPSA) is 92.8 Å². The molecular weight excluding hydrogens is 405 g/mol. The summed E-state index contributed by atoms with van der Waals surface area (Å²) in [6.45, 7) is 7.32. The molecule has 3 heterocycles. The molecule has 2 amide bonds. The summed E-state index contributed by atoms with van der Waals surface area (Å²) < 4.78 is -0.674. The summed E-state index contributed by atoms with van der Waals surface area (Å²) in [5, 5.41) is 14.5. The molecule has 1 aromatic carbocycles. The van der Waals surface area contributed by atoms with E-state index in [0.717, 1.165) is 5.56 Å². The number of carbonyl (C=O) groups excluding carboxylic acids is 3. The summed E-state index contributed by atoms with van der Waals surface area (Å²) >= 11 is 1.42. The third kappa shape index (κ3) is 3.19. The van der Waals surface area contributed by atoms with Crippen molar-refractivity contribution in [2.75, 3.05) is 0 Å². The smallest absolute Gasteiger partial charge is 0.548 e. The van der Waals surface area contributed by atoms with Gasteiger partial charge >= 0.3 is 51.4 Å². The number of carboxylic acids is 1. The van der Waals surface area contributed by atoms with Gasteiger partial charge in [-0.25, -0.2) is 0 Å². The second kappa shape index (κ2) is 7.37. The molecule has 3 aliphatic rings. The van der Waals surface area contributed by atoms with Gasteiger partial charge < -0.3 is 19.7 Å². The van der Waals surface area contributed by atoms with Crippen molar-refractivity contribution in [3.05, 3.63) is 35.9 Å². The summed E-state index contributed by atoms with van der Waals surface area (Å²) in [6.07, 6.45) is 0. The number of aliphatic carboxylic acids is 1. The molecule has 0 spiro atoms. The minimum absolute atomic E-state index is 0. The molecule has 0 saturated carbocycles. The predicted molar refractivity (Wildman–Crippen MR) is 98.1 cm³/mol. The van der Waals surface area contributed by atoms with Crippen molar-refractivity contribution >= 4 is 29.5 Å². The van der Waals surface area contributed by atoms with E-state index in [1.807, 2.05) is 44.2 Å². The Balaban J connectivity index is 0.00000225. The molecule has 1 unspecified atom stereocenters. The van der Waals surface area contributed by atoms with Crippen LogP contribution in [0, 0.1) is 0 Å². The van der Waals surface area contributed by atoms with E-state index in [1.54, 1.807) is 18.7 Å². The number of hydrogen-bond donors (Lipinski definition) is 1. The van der Waals surface area contributed by atoms with Crippen molar-refractivity contribution in [3.63, 3.8) is 0 Å². The number of nitrogens with one attached hydrogen (secondary N) is 1. The number of fused-ring (bicyclic) bond motifs is 1. The third-order valence-electron chi connectivity index (χ3n) is 5.63.